The highest BCUT2D eigenvalue weighted by Gasteiger charge is 2.23. The molecule has 5 nitrogen and oxygen atoms in total. The van der Waals surface area contributed by atoms with Gasteiger partial charge in [-0.1, -0.05) is 41.9 Å². The van der Waals surface area contributed by atoms with E-state index >= 15 is 0 Å². The smallest absolute Gasteiger partial charge is 0.221 e. The normalized spacial score (nSPS) is 11.9. The molecule has 0 saturated heterocycles. The highest BCUT2D eigenvalue weighted by atomic mass is 35.5. The van der Waals surface area contributed by atoms with Crippen molar-refractivity contribution >= 4 is 28.4 Å². The molecule has 0 unspecified atom stereocenters. The molecule has 176 valence electrons. The van der Waals surface area contributed by atoms with Gasteiger partial charge in [0.25, 0.3) is 0 Å². The van der Waals surface area contributed by atoms with Gasteiger partial charge in [0.1, 0.15) is 17.3 Å². The van der Waals surface area contributed by atoms with Gasteiger partial charge in [-0.25, -0.2) is 0 Å². The highest BCUT2D eigenvalue weighted by molar-refractivity contribution is 6.30. The van der Waals surface area contributed by atoms with Crippen LogP contribution in [0, 0.1) is 0 Å². The first-order chi connectivity index (χ1) is 17.1. The molecule has 2 aromatic heterocycles. The van der Waals surface area contributed by atoms with Crippen molar-refractivity contribution in [1.82, 2.24) is 9.88 Å². The number of aryl methyl sites for hydroxylation is 1. The molecule has 1 N–H and O–H groups in total. The van der Waals surface area contributed by atoms with Crippen LogP contribution in [0.3, 0.4) is 0 Å². The topological polar surface area (TPSA) is 56.4 Å². The van der Waals surface area contributed by atoms with Gasteiger partial charge in [0, 0.05) is 41.5 Å². The van der Waals surface area contributed by atoms with E-state index in [9.17, 15) is 4.79 Å². The summed E-state index contributed by atoms with van der Waals surface area (Å²) in [5.74, 6) is 1.91. The first-order valence-corrected chi connectivity index (χ1v) is 11.8. The van der Waals surface area contributed by atoms with Crippen molar-refractivity contribution < 1.29 is 13.9 Å². The molecule has 1 amide bonds. The van der Waals surface area contributed by atoms with Crippen LogP contribution in [0.4, 0.5) is 0 Å². The van der Waals surface area contributed by atoms with Gasteiger partial charge in [-0.2, -0.15) is 0 Å². The van der Waals surface area contributed by atoms with E-state index in [2.05, 4.69) is 28.2 Å². The number of rotatable bonds is 8. The summed E-state index contributed by atoms with van der Waals surface area (Å²) >= 11 is 6.00. The lowest BCUT2D eigenvalue weighted by Crippen LogP contribution is -2.24. The number of para-hydroxylation sites is 1. The quantitative estimate of drug-likeness (QED) is 0.256. The first-order valence-electron chi connectivity index (χ1n) is 11.4. The van der Waals surface area contributed by atoms with Crippen LogP contribution < -0.4 is 10.1 Å². The standard InChI is InChI=1S/C29H25ClN2O3/c1-32-19-27(25-9-2-3-10-28(25)32)26(17-29(33)31-18-24-8-5-15-34-24)20-6-4-7-23(16-20)35-22-13-11-21(30)12-14-22/h2-16,19,26H,17-18H2,1H3,(H,31,33)/t26-/m0/s1. The van der Waals surface area contributed by atoms with Gasteiger partial charge < -0.3 is 19.0 Å². The van der Waals surface area contributed by atoms with Crippen LogP contribution in [0.25, 0.3) is 10.9 Å². The minimum Gasteiger partial charge on any atom is -0.467 e. The number of carbonyl (C=O) groups is 1. The molecule has 0 fully saturated rings. The fourth-order valence-corrected chi connectivity index (χ4v) is 4.47. The number of benzene rings is 3. The molecule has 3 aromatic carbocycles. The Hall–Kier alpha value is -3.96. The molecule has 5 rings (SSSR count). The van der Waals surface area contributed by atoms with Crippen LogP contribution in [-0.2, 0) is 18.4 Å². The number of ether oxygens (including phenoxy) is 1. The zero-order chi connectivity index (χ0) is 24.2. The number of hydrogen-bond donors (Lipinski definition) is 1. The van der Waals surface area contributed by atoms with Crippen LogP contribution in [-0.4, -0.2) is 10.5 Å². The summed E-state index contributed by atoms with van der Waals surface area (Å²) in [5, 5.41) is 4.77. The zero-order valence-electron chi connectivity index (χ0n) is 19.3. The van der Waals surface area contributed by atoms with Crippen molar-refractivity contribution in [2.75, 3.05) is 0 Å². The summed E-state index contributed by atoms with van der Waals surface area (Å²) in [6, 6.07) is 27.1. The summed E-state index contributed by atoms with van der Waals surface area (Å²) in [6.07, 6.45) is 4.01. The summed E-state index contributed by atoms with van der Waals surface area (Å²) in [4.78, 5) is 13.0. The lowest BCUT2D eigenvalue weighted by Gasteiger charge is -2.18. The highest BCUT2D eigenvalue weighted by Crippen LogP contribution is 2.36. The minimum absolute atomic E-state index is 0.0524. The maximum atomic E-state index is 13.0. The van der Waals surface area contributed by atoms with Crippen LogP contribution >= 0.6 is 11.6 Å². The van der Waals surface area contributed by atoms with Gasteiger partial charge in [0.05, 0.1) is 12.8 Å². The van der Waals surface area contributed by atoms with Crippen molar-refractivity contribution in [3.8, 4) is 11.5 Å². The molecule has 0 aliphatic rings. The van der Waals surface area contributed by atoms with Gasteiger partial charge in [-0.15, -0.1) is 0 Å². The van der Waals surface area contributed by atoms with Crippen LogP contribution in [0.15, 0.2) is 102 Å². The summed E-state index contributed by atoms with van der Waals surface area (Å²) in [5.41, 5.74) is 3.22. The number of nitrogens with zero attached hydrogens (tertiary/aromatic N) is 1. The third-order valence-electron chi connectivity index (χ3n) is 6.04. The molecular formula is C29H25ClN2O3. The third-order valence-corrected chi connectivity index (χ3v) is 6.29. The number of hydrogen-bond acceptors (Lipinski definition) is 3. The fourth-order valence-electron chi connectivity index (χ4n) is 4.35. The predicted molar refractivity (Wildman–Crippen MR) is 138 cm³/mol. The van der Waals surface area contributed by atoms with Crippen LogP contribution in [0.1, 0.15) is 29.2 Å². The molecule has 2 heterocycles. The van der Waals surface area contributed by atoms with E-state index in [0.717, 1.165) is 27.8 Å². The first kappa shape index (κ1) is 22.8. The second-order valence-electron chi connectivity index (χ2n) is 8.45. The molecule has 1 atom stereocenters. The SMILES string of the molecule is Cn1cc([C@@H](CC(=O)NCc2ccco2)c2cccc(Oc3ccc(Cl)cc3)c2)c2ccccc21. The zero-order valence-corrected chi connectivity index (χ0v) is 20.0. The summed E-state index contributed by atoms with van der Waals surface area (Å²) < 4.78 is 13.5. The Labute approximate surface area is 208 Å². The Bertz CT molecular complexity index is 1440. The number of aromatic nitrogens is 1. The number of furan rings is 1. The number of nitrogens with one attached hydrogen (secondary N) is 1. The lowest BCUT2D eigenvalue weighted by atomic mass is 9.88. The Kier molecular flexibility index (Phi) is 6.59. The Morgan fingerprint density at radius 3 is 2.63 bits per heavy atom. The van der Waals surface area contributed by atoms with Crippen LogP contribution in [0.2, 0.25) is 5.02 Å². The van der Waals surface area contributed by atoms with E-state index in [4.69, 9.17) is 20.8 Å². The molecule has 5 aromatic rings. The van der Waals surface area contributed by atoms with E-state index in [-0.39, 0.29) is 11.8 Å². The maximum Gasteiger partial charge on any atom is 0.221 e. The average Bonchev–Trinajstić information content (AvgIpc) is 3.51. The number of carbonyl (C=O) groups excluding carboxylic acids is 1. The predicted octanol–water partition coefficient (Wildman–Crippen LogP) is 7.06. The molecule has 0 saturated carbocycles. The average molecular weight is 485 g/mol. The Morgan fingerprint density at radius 1 is 1.00 bits per heavy atom. The third kappa shape index (κ3) is 5.26. The van der Waals surface area contributed by atoms with Crippen molar-refractivity contribution in [2.45, 2.75) is 18.9 Å². The monoisotopic (exact) mass is 484 g/mol. The fraction of sp³-hybridized carbons (Fsp3) is 0.138. The van der Waals surface area contributed by atoms with Gasteiger partial charge in [-0.3, -0.25) is 4.79 Å². The Morgan fingerprint density at radius 2 is 1.83 bits per heavy atom. The summed E-state index contributed by atoms with van der Waals surface area (Å²) in [6.45, 7) is 0.355. The molecule has 0 spiro atoms. The van der Waals surface area contributed by atoms with Crippen molar-refractivity contribution in [2.24, 2.45) is 7.05 Å². The number of amides is 1. The minimum atomic E-state index is -0.161. The molecule has 0 radical (unpaired) electrons. The number of halogens is 1. The van der Waals surface area contributed by atoms with Crippen molar-refractivity contribution in [1.29, 1.82) is 0 Å². The van der Waals surface area contributed by atoms with Crippen LogP contribution in [0.5, 0.6) is 11.5 Å². The second kappa shape index (κ2) is 10.1. The molecule has 0 aliphatic heterocycles. The van der Waals surface area contributed by atoms with Gasteiger partial charge in [0.15, 0.2) is 0 Å². The molecular weight excluding hydrogens is 460 g/mol. The lowest BCUT2D eigenvalue weighted by molar-refractivity contribution is -0.121. The van der Waals surface area contributed by atoms with Crippen molar-refractivity contribution in [3.63, 3.8) is 0 Å². The van der Waals surface area contributed by atoms with E-state index in [0.29, 0.717) is 29.5 Å². The number of fused-ring (bicyclic) bond motifs is 1. The summed E-state index contributed by atoms with van der Waals surface area (Å²) in [7, 11) is 2.03. The van der Waals surface area contributed by atoms with Gasteiger partial charge in [-0.05, 0) is 65.7 Å². The Balaban J connectivity index is 1.47. The largest absolute Gasteiger partial charge is 0.467 e. The molecule has 0 bridgehead atoms. The second-order valence-corrected chi connectivity index (χ2v) is 8.89. The van der Waals surface area contributed by atoms with Gasteiger partial charge >= 0.3 is 0 Å². The van der Waals surface area contributed by atoms with E-state index in [1.807, 2.05) is 67.7 Å². The molecule has 35 heavy (non-hydrogen) atoms. The molecule has 6 heteroatoms. The van der Waals surface area contributed by atoms with Gasteiger partial charge in [0.2, 0.25) is 5.91 Å². The molecule has 0 aliphatic carbocycles. The van der Waals surface area contributed by atoms with E-state index in [1.165, 1.54) is 0 Å². The van der Waals surface area contributed by atoms with E-state index < -0.39 is 0 Å². The van der Waals surface area contributed by atoms with Crippen molar-refractivity contribution in [3.05, 3.63) is 119 Å². The van der Waals surface area contributed by atoms with E-state index in [1.54, 1.807) is 18.4 Å². The maximum absolute atomic E-state index is 13.0.